The molecule has 0 radical (unpaired) electrons. The molecule has 0 aliphatic rings. The van der Waals surface area contributed by atoms with Gasteiger partial charge in [0.2, 0.25) is 10.0 Å². The predicted molar refractivity (Wildman–Crippen MR) is 87.5 cm³/mol. The van der Waals surface area contributed by atoms with E-state index in [1.165, 1.54) is 0 Å². The molecule has 2 rings (SSSR count). The number of sulfonamides is 1. The Morgan fingerprint density at radius 2 is 1.82 bits per heavy atom. The van der Waals surface area contributed by atoms with Crippen LogP contribution >= 0.6 is 0 Å². The normalized spacial score (nSPS) is 12.9. The molecule has 0 heterocycles. The summed E-state index contributed by atoms with van der Waals surface area (Å²) in [4.78, 5) is 0.250. The molecular formula is C17H21NO3S. The maximum absolute atomic E-state index is 12.6. The van der Waals surface area contributed by atoms with Crippen LogP contribution < -0.4 is 9.46 Å². The number of aryl methyl sites for hydroxylation is 1. The number of rotatable bonds is 6. The fraction of sp³-hybridized carbons (Fsp3) is 0.294. The van der Waals surface area contributed by atoms with Crippen LogP contribution in [-0.2, 0) is 10.0 Å². The van der Waals surface area contributed by atoms with Crippen molar-refractivity contribution in [1.29, 1.82) is 0 Å². The lowest BCUT2D eigenvalue weighted by molar-refractivity contribution is 0.411. The second kappa shape index (κ2) is 6.94. The molecule has 0 aliphatic heterocycles. The van der Waals surface area contributed by atoms with E-state index in [9.17, 15) is 8.42 Å². The predicted octanol–water partition coefficient (Wildman–Crippen LogP) is 3.43. The highest BCUT2D eigenvalue weighted by Gasteiger charge is 2.20. The lowest BCUT2D eigenvalue weighted by Crippen LogP contribution is -2.28. The molecule has 0 aliphatic carbocycles. The molecule has 0 spiro atoms. The van der Waals surface area contributed by atoms with Crippen molar-refractivity contribution in [1.82, 2.24) is 4.72 Å². The van der Waals surface area contributed by atoms with Gasteiger partial charge < -0.3 is 4.74 Å². The van der Waals surface area contributed by atoms with Crippen LogP contribution in [0, 0.1) is 6.92 Å². The highest BCUT2D eigenvalue weighted by Crippen LogP contribution is 2.24. The minimum Gasteiger partial charge on any atom is -0.496 e. The lowest BCUT2D eigenvalue weighted by Gasteiger charge is -2.18. The number of methoxy groups -OCH3 is 1. The van der Waals surface area contributed by atoms with Crippen molar-refractivity contribution in [2.75, 3.05) is 7.11 Å². The summed E-state index contributed by atoms with van der Waals surface area (Å²) in [5, 5.41) is 0. The smallest absolute Gasteiger partial charge is 0.241 e. The Kier molecular flexibility index (Phi) is 5.21. The van der Waals surface area contributed by atoms with Crippen molar-refractivity contribution >= 4 is 10.0 Å². The summed E-state index contributed by atoms with van der Waals surface area (Å²) in [5.41, 5.74) is 1.75. The van der Waals surface area contributed by atoms with E-state index >= 15 is 0 Å². The van der Waals surface area contributed by atoms with Crippen molar-refractivity contribution in [2.45, 2.75) is 31.2 Å². The van der Waals surface area contributed by atoms with Gasteiger partial charge in [0.15, 0.2) is 0 Å². The van der Waals surface area contributed by atoms with Crippen molar-refractivity contribution in [3.05, 3.63) is 59.7 Å². The summed E-state index contributed by atoms with van der Waals surface area (Å²) in [6.45, 7) is 3.78. The molecule has 22 heavy (non-hydrogen) atoms. The Morgan fingerprint density at radius 1 is 1.14 bits per heavy atom. The molecule has 0 saturated heterocycles. The first-order chi connectivity index (χ1) is 10.5. The molecule has 2 aromatic carbocycles. The van der Waals surface area contributed by atoms with Gasteiger partial charge in [0.05, 0.1) is 12.0 Å². The standard InChI is InChI=1S/C17H21NO3S/c1-4-16(14-8-6-5-7-9-14)18-22(19,20)15-10-11-17(21-3)13(2)12-15/h5-12,16,18H,4H2,1-3H3/t16-/m0/s1. The highest BCUT2D eigenvalue weighted by atomic mass is 32.2. The number of ether oxygens (including phenoxy) is 1. The molecule has 118 valence electrons. The average molecular weight is 319 g/mol. The summed E-state index contributed by atoms with van der Waals surface area (Å²) in [7, 11) is -2.01. The zero-order valence-corrected chi connectivity index (χ0v) is 13.9. The Balaban J connectivity index is 2.28. The van der Waals surface area contributed by atoms with Gasteiger partial charge in [-0.05, 0) is 42.7 Å². The van der Waals surface area contributed by atoms with Crippen molar-refractivity contribution < 1.29 is 13.2 Å². The summed E-state index contributed by atoms with van der Waals surface area (Å²) < 4.78 is 33.1. The first-order valence-electron chi connectivity index (χ1n) is 7.20. The van der Waals surface area contributed by atoms with Crippen LogP contribution in [0.3, 0.4) is 0 Å². The molecule has 0 bridgehead atoms. The third kappa shape index (κ3) is 3.67. The van der Waals surface area contributed by atoms with Crippen LogP contribution in [0.4, 0.5) is 0 Å². The summed E-state index contributed by atoms with van der Waals surface area (Å²) >= 11 is 0. The van der Waals surface area contributed by atoms with E-state index in [1.54, 1.807) is 25.3 Å². The van der Waals surface area contributed by atoms with E-state index in [4.69, 9.17) is 4.74 Å². The molecule has 2 aromatic rings. The molecule has 1 atom stereocenters. The number of hydrogen-bond acceptors (Lipinski definition) is 3. The monoisotopic (exact) mass is 319 g/mol. The van der Waals surface area contributed by atoms with E-state index in [2.05, 4.69) is 4.72 Å². The molecular weight excluding hydrogens is 298 g/mol. The van der Waals surface area contributed by atoms with Gasteiger partial charge in [-0.15, -0.1) is 0 Å². The maximum atomic E-state index is 12.6. The lowest BCUT2D eigenvalue weighted by atomic mass is 10.1. The summed E-state index contributed by atoms with van der Waals surface area (Å²) in [6.07, 6.45) is 0.679. The molecule has 0 unspecified atom stereocenters. The Morgan fingerprint density at radius 3 is 2.36 bits per heavy atom. The number of nitrogens with one attached hydrogen (secondary N) is 1. The van der Waals surface area contributed by atoms with Crippen LogP contribution in [-0.4, -0.2) is 15.5 Å². The van der Waals surface area contributed by atoms with Gasteiger partial charge in [0.1, 0.15) is 5.75 Å². The van der Waals surface area contributed by atoms with Crippen LogP contribution in [0.15, 0.2) is 53.4 Å². The van der Waals surface area contributed by atoms with Gasteiger partial charge in [-0.1, -0.05) is 37.3 Å². The Bertz CT molecular complexity index is 727. The second-order valence-electron chi connectivity index (χ2n) is 5.12. The van der Waals surface area contributed by atoms with Crippen molar-refractivity contribution in [2.24, 2.45) is 0 Å². The highest BCUT2D eigenvalue weighted by molar-refractivity contribution is 7.89. The van der Waals surface area contributed by atoms with E-state index in [1.807, 2.05) is 44.2 Å². The van der Waals surface area contributed by atoms with E-state index in [0.29, 0.717) is 12.2 Å². The molecule has 0 aromatic heterocycles. The fourth-order valence-corrected chi connectivity index (χ4v) is 3.74. The average Bonchev–Trinajstić information content (AvgIpc) is 2.53. The largest absolute Gasteiger partial charge is 0.496 e. The van der Waals surface area contributed by atoms with Gasteiger partial charge in [-0.25, -0.2) is 13.1 Å². The minimum absolute atomic E-state index is 0.242. The van der Waals surface area contributed by atoms with E-state index in [-0.39, 0.29) is 10.9 Å². The van der Waals surface area contributed by atoms with Crippen LogP contribution in [0.25, 0.3) is 0 Å². The zero-order chi connectivity index (χ0) is 16.2. The van der Waals surface area contributed by atoms with Gasteiger partial charge in [-0.3, -0.25) is 0 Å². The summed E-state index contributed by atoms with van der Waals surface area (Å²) in [6, 6.07) is 14.2. The van der Waals surface area contributed by atoms with Crippen molar-refractivity contribution in [3.8, 4) is 5.75 Å². The minimum atomic E-state index is -3.57. The molecule has 0 fully saturated rings. The molecule has 4 nitrogen and oxygen atoms in total. The van der Waals surface area contributed by atoms with Gasteiger partial charge in [0.25, 0.3) is 0 Å². The quantitative estimate of drug-likeness (QED) is 0.887. The third-order valence-corrected chi connectivity index (χ3v) is 5.05. The zero-order valence-electron chi connectivity index (χ0n) is 13.0. The second-order valence-corrected chi connectivity index (χ2v) is 6.84. The van der Waals surface area contributed by atoms with Gasteiger partial charge in [-0.2, -0.15) is 0 Å². The SMILES string of the molecule is CC[C@H](NS(=O)(=O)c1ccc(OC)c(C)c1)c1ccccc1. The Labute approximate surface area is 132 Å². The number of hydrogen-bond donors (Lipinski definition) is 1. The topological polar surface area (TPSA) is 55.4 Å². The van der Waals surface area contributed by atoms with Crippen LogP contribution in [0.2, 0.25) is 0 Å². The van der Waals surface area contributed by atoms with Gasteiger partial charge in [0, 0.05) is 6.04 Å². The first kappa shape index (κ1) is 16.5. The molecule has 0 saturated carbocycles. The molecule has 0 amide bonds. The maximum Gasteiger partial charge on any atom is 0.241 e. The Hall–Kier alpha value is -1.85. The van der Waals surface area contributed by atoms with Crippen LogP contribution in [0.1, 0.15) is 30.5 Å². The first-order valence-corrected chi connectivity index (χ1v) is 8.68. The fourth-order valence-electron chi connectivity index (χ4n) is 2.35. The van der Waals surface area contributed by atoms with Crippen LogP contribution in [0.5, 0.6) is 5.75 Å². The number of benzene rings is 2. The van der Waals surface area contributed by atoms with E-state index in [0.717, 1.165) is 11.1 Å². The van der Waals surface area contributed by atoms with E-state index < -0.39 is 10.0 Å². The van der Waals surface area contributed by atoms with Crippen molar-refractivity contribution in [3.63, 3.8) is 0 Å². The molecule has 5 heteroatoms. The van der Waals surface area contributed by atoms with Gasteiger partial charge >= 0.3 is 0 Å². The molecule has 1 N–H and O–H groups in total. The third-order valence-electron chi connectivity index (χ3n) is 3.58. The summed E-state index contributed by atoms with van der Waals surface area (Å²) in [5.74, 6) is 0.675.